The van der Waals surface area contributed by atoms with Crippen molar-refractivity contribution in [3.63, 3.8) is 0 Å². The Labute approximate surface area is 147 Å². The third kappa shape index (κ3) is 3.99. The normalized spacial score (nSPS) is 12.6. The summed E-state index contributed by atoms with van der Waals surface area (Å²) < 4.78 is 10.4. The number of rotatable bonds is 6. The molecule has 0 atom stereocenters. The van der Waals surface area contributed by atoms with Gasteiger partial charge in [0.1, 0.15) is 5.75 Å². The number of ether oxygens (including phenoxy) is 2. The zero-order valence-corrected chi connectivity index (χ0v) is 14.2. The molecule has 0 radical (unpaired) electrons. The van der Waals surface area contributed by atoms with Crippen molar-refractivity contribution in [2.45, 2.75) is 19.3 Å². The highest BCUT2D eigenvalue weighted by Gasteiger charge is 2.24. The summed E-state index contributed by atoms with van der Waals surface area (Å²) in [6.45, 7) is 0.413. The summed E-state index contributed by atoms with van der Waals surface area (Å²) in [4.78, 5) is 25.9. The molecule has 1 aliphatic rings. The highest BCUT2D eigenvalue weighted by Crippen LogP contribution is 2.27. The van der Waals surface area contributed by atoms with Crippen LogP contribution in [0.1, 0.15) is 17.5 Å². The molecule has 5 heteroatoms. The summed E-state index contributed by atoms with van der Waals surface area (Å²) >= 11 is 0. The van der Waals surface area contributed by atoms with Gasteiger partial charge in [-0.05, 0) is 36.1 Å². The van der Waals surface area contributed by atoms with Gasteiger partial charge in [0.2, 0.25) is 0 Å². The summed E-state index contributed by atoms with van der Waals surface area (Å²) in [7, 11) is 1.60. The quantitative estimate of drug-likeness (QED) is 0.760. The number of fused-ring (bicyclic) bond motifs is 1. The molecule has 0 aliphatic carbocycles. The average Bonchev–Trinajstić information content (AvgIpc) is 3.09. The zero-order valence-electron chi connectivity index (χ0n) is 14.2. The van der Waals surface area contributed by atoms with Crippen LogP contribution in [0.2, 0.25) is 0 Å². The lowest BCUT2D eigenvalue weighted by Crippen LogP contribution is -2.33. The Morgan fingerprint density at radius 3 is 2.68 bits per heavy atom. The minimum atomic E-state index is -0.383. The minimum Gasteiger partial charge on any atom is -0.496 e. The first-order valence-electron chi connectivity index (χ1n) is 8.35. The standard InChI is InChI=1S/C20H21NO4/c1-24-18-9-5-3-7-16(18)10-11-20(23)25-14-19(22)21-13-12-15-6-2-4-8-17(15)21/h2-9H,10-14H2,1H3. The van der Waals surface area contributed by atoms with Crippen molar-refractivity contribution >= 4 is 17.6 Å². The second kappa shape index (κ2) is 7.83. The van der Waals surface area contributed by atoms with E-state index in [9.17, 15) is 9.59 Å². The number of nitrogens with zero attached hydrogens (tertiary/aromatic N) is 1. The summed E-state index contributed by atoms with van der Waals surface area (Å²) in [6, 6.07) is 15.4. The monoisotopic (exact) mass is 339 g/mol. The van der Waals surface area contributed by atoms with Gasteiger partial charge in [0.25, 0.3) is 5.91 Å². The molecular weight excluding hydrogens is 318 g/mol. The Morgan fingerprint density at radius 1 is 1.08 bits per heavy atom. The predicted octanol–water partition coefficient (Wildman–Crippen LogP) is 2.76. The number of hydrogen-bond donors (Lipinski definition) is 0. The summed E-state index contributed by atoms with van der Waals surface area (Å²) in [5.41, 5.74) is 3.01. The van der Waals surface area contributed by atoms with Gasteiger partial charge >= 0.3 is 5.97 Å². The molecule has 0 spiro atoms. The van der Waals surface area contributed by atoms with E-state index in [1.54, 1.807) is 12.0 Å². The molecule has 0 unspecified atom stereocenters. The molecule has 3 rings (SSSR count). The fraction of sp³-hybridized carbons (Fsp3) is 0.300. The number of aryl methyl sites for hydroxylation is 1. The molecule has 5 nitrogen and oxygen atoms in total. The van der Waals surface area contributed by atoms with Crippen LogP contribution in [-0.4, -0.2) is 32.1 Å². The van der Waals surface area contributed by atoms with Crippen LogP contribution in [0.3, 0.4) is 0 Å². The molecule has 25 heavy (non-hydrogen) atoms. The maximum absolute atomic E-state index is 12.3. The van der Waals surface area contributed by atoms with Gasteiger partial charge in [0, 0.05) is 18.7 Å². The van der Waals surface area contributed by atoms with Crippen molar-refractivity contribution in [3.05, 3.63) is 59.7 Å². The van der Waals surface area contributed by atoms with Gasteiger partial charge in [-0.15, -0.1) is 0 Å². The molecule has 0 saturated heterocycles. The highest BCUT2D eigenvalue weighted by atomic mass is 16.5. The van der Waals surface area contributed by atoms with Crippen LogP contribution >= 0.6 is 0 Å². The first-order chi connectivity index (χ1) is 12.2. The van der Waals surface area contributed by atoms with Gasteiger partial charge < -0.3 is 14.4 Å². The SMILES string of the molecule is COc1ccccc1CCC(=O)OCC(=O)N1CCc2ccccc21. The number of carbonyl (C=O) groups excluding carboxylic acids is 2. The molecule has 0 saturated carbocycles. The van der Waals surface area contributed by atoms with Gasteiger partial charge in [-0.2, -0.15) is 0 Å². The molecule has 0 N–H and O–H groups in total. The van der Waals surface area contributed by atoms with E-state index in [1.807, 2.05) is 48.5 Å². The van der Waals surface area contributed by atoms with Crippen molar-refractivity contribution < 1.29 is 19.1 Å². The Balaban J connectivity index is 1.49. The number of methoxy groups -OCH3 is 1. The molecule has 0 bridgehead atoms. The predicted molar refractivity (Wildman–Crippen MR) is 94.8 cm³/mol. The van der Waals surface area contributed by atoms with E-state index in [1.165, 1.54) is 0 Å². The van der Waals surface area contributed by atoms with Gasteiger partial charge in [-0.1, -0.05) is 36.4 Å². The van der Waals surface area contributed by atoms with Crippen LogP contribution in [0.4, 0.5) is 5.69 Å². The number of para-hydroxylation sites is 2. The second-order valence-electron chi connectivity index (χ2n) is 5.90. The average molecular weight is 339 g/mol. The Bertz CT molecular complexity index is 772. The fourth-order valence-corrected chi connectivity index (χ4v) is 3.04. The maximum atomic E-state index is 12.3. The third-order valence-corrected chi connectivity index (χ3v) is 4.34. The molecule has 0 aromatic heterocycles. The molecule has 2 aromatic rings. The van der Waals surface area contributed by atoms with E-state index in [2.05, 4.69) is 0 Å². The van der Waals surface area contributed by atoms with Gasteiger partial charge in [-0.3, -0.25) is 9.59 Å². The fourth-order valence-electron chi connectivity index (χ4n) is 3.04. The summed E-state index contributed by atoms with van der Waals surface area (Å²) in [5.74, 6) is 0.183. The van der Waals surface area contributed by atoms with Gasteiger partial charge in [0.15, 0.2) is 6.61 Å². The van der Waals surface area contributed by atoms with Crippen molar-refractivity contribution in [2.24, 2.45) is 0 Å². The molecule has 2 aromatic carbocycles. The second-order valence-corrected chi connectivity index (χ2v) is 5.90. The third-order valence-electron chi connectivity index (χ3n) is 4.34. The van der Waals surface area contributed by atoms with Gasteiger partial charge in [-0.25, -0.2) is 0 Å². The molecule has 1 aliphatic heterocycles. The largest absolute Gasteiger partial charge is 0.496 e. The van der Waals surface area contributed by atoms with E-state index >= 15 is 0 Å². The van der Waals surface area contributed by atoms with Crippen molar-refractivity contribution in [2.75, 3.05) is 25.2 Å². The van der Waals surface area contributed by atoms with Crippen LogP contribution in [0.25, 0.3) is 0 Å². The van der Waals surface area contributed by atoms with Crippen LogP contribution in [0, 0.1) is 0 Å². The molecule has 0 fully saturated rings. The number of esters is 1. The Hall–Kier alpha value is -2.82. The number of hydrogen-bond acceptors (Lipinski definition) is 4. The first-order valence-corrected chi connectivity index (χ1v) is 8.35. The van der Waals surface area contributed by atoms with Crippen LogP contribution in [0.15, 0.2) is 48.5 Å². The Kier molecular flexibility index (Phi) is 5.33. The Morgan fingerprint density at radius 2 is 1.84 bits per heavy atom. The molecule has 1 heterocycles. The lowest BCUT2D eigenvalue weighted by molar-refractivity contribution is -0.147. The summed E-state index contributed by atoms with van der Waals surface area (Å²) in [6.07, 6.45) is 1.57. The van der Waals surface area contributed by atoms with E-state index in [4.69, 9.17) is 9.47 Å². The highest BCUT2D eigenvalue weighted by molar-refractivity contribution is 5.97. The number of benzene rings is 2. The smallest absolute Gasteiger partial charge is 0.306 e. The lowest BCUT2D eigenvalue weighted by atomic mass is 10.1. The van der Waals surface area contributed by atoms with Crippen LogP contribution in [0.5, 0.6) is 5.75 Å². The van der Waals surface area contributed by atoms with Crippen LogP contribution < -0.4 is 9.64 Å². The molecule has 1 amide bonds. The van der Waals surface area contributed by atoms with E-state index in [0.29, 0.717) is 13.0 Å². The topological polar surface area (TPSA) is 55.8 Å². The van der Waals surface area contributed by atoms with E-state index < -0.39 is 0 Å². The lowest BCUT2D eigenvalue weighted by Gasteiger charge is -2.17. The number of carbonyl (C=O) groups is 2. The zero-order chi connectivity index (χ0) is 17.6. The van der Waals surface area contributed by atoms with Gasteiger partial charge in [0.05, 0.1) is 7.11 Å². The number of anilines is 1. The van der Waals surface area contributed by atoms with Crippen molar-refractivity contribution in [1.29, 1.82) is 0 Å². The minimum absolute atomic E-state index is 0.185. The number of amides is 1. The van der Waals surface area contributed by atoms with E-state index in [0.717, 1.165) is 29.0 Å². The molecule has 130 valence electrons. The maximum Gasteiger partial charge on any atom is 0.306 e. The first kappa shape index (κ1) is 17.0. The molecular formula is C20H21NO4. The summed E-state index contributed by atoms with van der Waals surface area (Å²) in [5, 5.41) is 0. The van der Waals surface area contributed by atoms with E-state index in [-0.39, 0.29) is 24.9 Å². The van der Waals surface area contributed by atoms with Crippen LogP contribution in [-0.2, 0) is 27.2 Å². The van der Waals surface area contributed by atoms with Crippen molar-refractivity contribution in [3.8, 4) is 5.75 Å². The van der Waals surface area contributed by atoms with Crippen molar-refractivity contribution in [1.82, 2.24) is 0 Å².